The molecule has 0 atom stereocenters. The highest BCUT2D eigenvalue weighted by molar-refractivity contribution is 5.83. The van der Waals surface area contributed by atoms with E-state index in [2.05, 4.69) is 49.6 Å². The van der Waals surface area contributed by atoms with Crippen LogP contribution in [0, 0.1) is 11.7 Å². The zero-order chi connectivity index (χ0) is 20.5. The molecular weight excluding hydrogens is 381 g/mol. The smallest absolute Gasteiger partial charge is 0.223 e. The number of benzene rings is 2. The summed E-state index contributed by atoms with van der Waals surface area (Å²) in [4.78, 5) is 25.8. The second-order valence-electron chi connectivity index (χ2n) is 7.97. The minimum Gasteiger partial charge on any atom is -0.361 e. The molecule has 0 unspecified atom stereocenters. The van der Waals surface area contributed by atoms with Gasteiger partial charge in [0.1, 0.15) is 11.6 Å². The fourth-order valence-corrected chi connectivity index (χ4v) is 4.29. The number of nitrogens with one attached hydrogen (secondary N) is 3. The Morgan fingerprint density at radius 1 is 1.17 bits per heavy atom. The van der Waals surface area contributed by atoms with Crippen molar-refractivity contribution < 1.29 is 9.18 Å². The molecule has 1 aliphatic heterocycles. The molecule has 5 rings (SSSR count). The quantitative estimate of drug-likeness (QED) is 0.474. The largest absolute Gasteiger partial charge is 0.361 e. The van der Waals surface area contributed by atoms with Gasteiger partial charge in [-0.1, -0.05) is 18.2 Å². The standard InChI is InChI=1S/C23H24FN5O/c24-17-5-6-20-21(11-17)28-22(27-20)13-26-23(30)15-7-9-29(10-8-15)14-16-12-25-19-4-2-1-3-18(16)19/h1-6,11-12,15,25H,7-10,13-14H2,(H,26,30)(H,27,28). The van der Waals surface area contributed by atoms with E-state index in [0.29, 0.717) is 23.4 Å². The summed E-state index contributed by atoms with van der Waals surface area (Å²) in [6.07, 6.45) is 3.78. The zero-order valence-electron chi connectivity index (χ0n) is 16.6. The molecule has 4 aromatic rings. The number of fused-ring (bicyclic) bond motifs is 2. The molecule has 0 radical (unpaired) electrons. The third kappa shape index (κ3) is 3.80. The van der Waals surface area contributed by atoms with Gasteiger partial charge in [0, 0.05) is 29.6 Å². The molecule has 0 spiro atoms. The molecule has 1 aliphatic rings. The van der Waals surface area contributed by atoms with Gasteiger partial charge < -0.3 is 15.3 Å². The van der Waals surface area contributed by atoms with E-state index < -0.39 is 0 Å². The molecule has 2 aromatic carbocycles. The van der Waals surface area contributed by atoms with E-state index in [-0.39, 0.29) is 17.6 Å². The Bertz CT molecular complexity index is 1190. The first-order valence-corrected chi connectivity index (χ1v) is 10.3. The predicted molar refractivity (Wildman–Crippen MR) is 114 cm³/mol. The lowest BCUT2D eigenvalue weighted by Crippen LogP contribution is -2.40. The summed E-state index contributed by atoms with van der Waals surface area (Å²) in [5.41, 5.74) is 3.81. The minimum atomic E-state index is -0.305. The van der Waals surface area contributed by atoms with Gasteiger partial charge in [0.15, 0.2) is 0 Å². The lowest BCUT2D eigenvalue weighted by Gasteiger charge is -2.31. The second kappa shape index (κ2) is 7.91. The molecule has 30 heavy (non-hydrogen) atoms. The molecular formula is C23H24FN5O. The number of rotatable bonds is 5. The number of carbonyl (C=O) groups is 1. The number of hydrogen-bond donors (Lipinski definition) is 3. The van der Waals surface area contributed by atoms with Crippen molar-refractivity contribution in [2.75, 3.05) is 13.1 Å². The Morgan fingerprint density at radius 3 is 2.87 bits per heavy atom. The van der Waals surface area contributed by atoms with Crippen LogP contribution >= 0.6 is 0 Å². The van der Waals surface area contributed by atoms with Crippen LogP contribution in [0.4, 0.5) is 4.39 Å². The van der Waals surface area contributed by atoms with E-state index in [1.807, 2.05) is 6.07 Å². The summed E-state index contributed by atoms with van der Waals surface area (Å²) in [5.74, 6) is 0.418. The number of halogens is 1. The minimum absolute atomic E-state index is 0.0195. The fourth-order valence-electron chi connectivity index (χ4n) is 4.29. The number of imidazole rings is 1. The second-order valence-corrected chi connectivity index (χ2v) is 7.97. The van der Waals surface area contributed by atoms with Crippen LogP contribution < -0.4 is 5.32 Å². The number of nitrogens with zero attached hydrogens (tertiary/aromatic N) is 2. The normalized spacial score (nSPS) is 15.8. The lowest BCUT2D eigenvalue weighted by atomic mass is 9.95. The molecule has 0 aliphatic carbocycles. The highest BCUT2D eigenvalue weighted by Crippen LogP contribution is 2.23. The van der Waals surface area contributed by atoms with Crippen molar-refractivity contribution in [2.45, 2.75) is 25.9 Å². The molecule has 3 N–H and O–H groups in total. The molecule has 0 saturated carbocycles. The lowest BCUT2D eigenvalue weighted by molar-refractivity contribution is -0.126. The van der Waals surface area contributed by atoms with Crippen LogP contribution in [0.25, 0.3) is 21.9 Å². The van der Waals surface area contributed by atoms with Gasteiger partial charge in [-0.05, 0) is 55.8 Å². The molecule has 6 nitrogen and oxygen atoms in total. The van der Waals surface area contributed by atoms with Crippen LogP contribution in [0.15, 0.2) is 48.7 Å². The van der Waals surface area contributed by atoms with Crippen molar-refractivity contribution in [3.63, 3.8) is 0 Å². The predicted octanol–water partition coefficient (Wildman–Crippen LogP) is 3.71. The monoisotopic (exact) mass is 405 g/mol. The van der Waals surface area contributed by atoms with Gasteiger partial charge in [0.05, 0.1) is 17.6 Å². The maximum atomic E-state index is 13.3. The Hall–Kier alpha value is -3.19. The van der Waals surface area contributed by atoms with Gasteiger partial charge in [0.2, 0.25) is 5.91 Å². The topological polar surface area (TPSA) is 76.8 Å². The molecule has 0 bridgehead atoms. The highest BCUT2D eigenvalue weighted by Gasteiger charge is 2.25. The van der Waals surface area contributed by atoms with Crippen LogP contribution in [0.5, 0.6) is 0 Å². The van der Waals surface area contributed by atoms with Crippen molar-refractivity contribution >= 4 is 27.8 Å². The van der Waals surface area contributed by atoms with Crippen LogP contribution in [0.3, 0.4) is 0 Å². The number of para-hydroxylation sites is 1. The zero-order valence-corrected chi connectivity index (χ0v) is 16.6. The molecule has 1 saturated heterocycles. The number of H-pyrrole nitrogens is 2. The first kappa shape index (κ1) is 18.8. The molecule has 154 valence electrons. The van der Waals surface area contributed by atoms with E-state index in [1.54, 1.807) is 6.07 Å². The molecule has 2 aromatic heterocycles. The van der Waals surface area contributed by atoms with Crippen LogP contribution in [-0.2, 0) is 17.9 Å². The number of aromatic nitrogens is 3. The number of piperidine rings is 1. The van der Waals surface area contributed by atoms with Crippen molar-refractivity contribution in [1.82, 2.24) is 25.2 Å². The van der Waals surface area contributed by atoms with Gasteiger partial charge in [0.25, 0.3) is 0 Å². The first-order valence-electron chi connectivity index (χ1n) is 10.3. The van der Waals surface area contributed by atoms with Crippen LogP contribution in [-0.4, -0.2) is 38.8 Å². The maximum absolute atomic E-state index is 13.3. The maximum Gasteiger partial charge on any atom is 0.223 e. The Morgan fingerprint density at radius 2 is 2.00 bits per heavy atom. The Labute approximate surface area is 173 Å². The van der Waals surface area contributed by atoms with Crippen molar-refractivity contribution in [3.05, 3.63) is 65.9 Å². The van der Waals surface area contributed by atoms with E-state index in [0.717, 1.165) is 38.0 Å². The third-order valence-electron chi connectivity index (χ3n) is 5.95. The molecule has 1 fully saturated rings. The SMILES string of the molecule is O=C(NCc1nc2ccc(F)cc2[nH]1)C1CCN(Cc2c[nH]c3ccccc23)CC1. The van der Waals surface area contributed by atoms with E-state index in [1.165, 1.54) is 23.1 Å². The first-order chi connectivity index (χ1) is 14.7. The van der Waals surface area contributed by atoms with E-state index in [9.17, 15) is 9.18 Å². The number of carbonyl (C=O) groups excluding carboxylic acids is 1. The van der Waals surface area contributed by atoms with Crippen LogP contribution in [0.1, 0.15) is 24.2 Å². The number of likely N-dealkylation sites (tertiary alicyclic amines) is 1. The summed E-state index contributed by atoms with van der Waals surface area (Å²) in [5, 5.41) is 4.25. The Kier molecular flexibility index (Phi) is 4.96. The third-order valence-corrected chi connectivity index (χ3v) is 5.95. The summed E-state index contributed by atoms with van der Waals surface area (Å²) in [6.45, 7) is 3.03. The van der Waals surface area contributed by atoms with E-state index in [4.69, 9.17) is 0 Å². The molecule has 3 heterocycles. The van der Waals surface area contributed by atoms with Crippen molar-refractivity contribution in [1.29, 1.82) is 0 Å². The molecule has 1 amide bonds. The van der Waals surface area contributed by atoms with Crippen molar-refractivity contribution in [3.8, 4) is 0 Å². The van der Waals surface area contributed by atoms with E-state index >= 15 is 0 Å². The van der Waals surface area contributed by atoms with Gasteiger partial charge in [-0.3, -0.25) is 9.69 Å². The van der Waals surface area contributed by atoms with Crippen LogP contribution in [0.2, 0.25) is 0 Å². The fraction of sp³-hybridized carbons (Fsp3) is 0.304. The summed E-state index contributed by atoms with van der Waals surface area (Å²) >= 11 is 0. The Balaban J connectivity index is 1.13. The van der Waals surface area contributed by atoms with Gasteiger partial charge in [-0.25, -0.2) is 9.37 Å². The molecule has 7 heteroatoms. The summed E-state index contributed by atoms with van der Waals surface area (Å²) < 4.78 is 13.3. The number of hydrogen-bond acceptors (Lipinski definition) is 3. The van der Waals surface area contributed by atoms with Gasteiger partial charge in [-0.15, -0.1) is 0 Å². The van der Waals surface area contributed by atoms with Crippen molar-refractivity contribution in [2.24, 2.45) is 5.92 Å². The number of amides is 1. The number of aromatic amines is 2. The van der Waals surface area contributed by atoms with Gasteiger partial charge in [-0.2, -0.15) is 0 Å². The summed E-state index contributed by atoms with van der Waals surface area (Å²) in [6, 6.07) is 12.8. The summed E-state index contributed by atoms with van der Waals surface area (Å²) in [7, 11) is 0. The average molecular weight is 405 g/mol. The highest BCUT2D eigenvalue weighted by atomic mass is 19.1. The van der Waals surface area contributed by atoms with Gasteiger partial charge >= 0.3 is 0 Å². The average Bonchev–Trinajstić information content (AvgIpc) is 3.36.